The highest BCUT2D eigenvalue weighted by atomic mass is 35.5. The summed E-state index contributed by atoms with van der Waals surface area (Å²) in [6.45, 7) is 1.25. The molecule has 2 heterocycles. The zero-order valence-corrected chi connectivity index (χ0v) is 16.7. The molecule has 1 atom stereocenters. The maximum Gasteiger partial charge on any atom is 0.274 e. The molecule has 10 heteroatoms. The number of aryl methyl sites for hydroxylation is 1. The predicted octanol–water partition coefficient (Wildman–Crippen LogP) is 2.88. The molecule has 1 aromatic carbocycles. The van der Waals surface area contributed by atoms with Gasteiger partial charge >= 0.3 is 0 Å². The second-order valence-electron chi connectivity index (χ2n) is 7.40. The predicted molar refractivity (Wildman–Crippen MR) is 107 cm³/mol. The molecule has 0 aliphatic heterocycles. The average Bonchev–Trinajstić information content (AvgIpc) is 3.47. The molecule has 1 aliphatic rings. The molecule has 3 aromatic rings. The number of carbonyl (C=O) groups excluding carboxylic acids is 1. The minimum absolute atomic E-state index is 0.00329. The van der Waals surface area contributed by atoms with Crippen molar-refractivity contribution >= 4 is 23.0 Å². The van der Waals surface area contributed by atoms with E-state index in [9.17, 15) is 23.5 Å². The third kappa shape index (κ3) is 3.82. The van der Waals surface area contributed by atoms with Crippen molar-refractivity contribution in [1.82, 2.24) is 19.9 Å². The van der Waals surface area contributed by atoms with Crippen molar-refractivity contribution in [2.24, 2.45) is 0 Å². The van der Waals surface area contributed by atoms with Crippen LogP contribution in [-0.2, 0) is 0 Å². The fraction of sp³-hybridized carbons (Fsp3) is 0.350. The second kappa shape index (κ2) is 7.81. The molecule has 1 fully saturated rings. The van der Waals surface area contributed by atoms with E-state index in [1.165, 1.54) is 4.52 Å². The van der Waals surface area contributed by atoms with Crippen molar-refractivity contribution in [3.8, 4) is 11.3 Å². The van der Waals surface area contributed by atoms with E-state index < -0.39 is 30.5 Å². The molecule has 1 amide bonds. The topological polar surface area (TPSA) is 99.5 Å². The van der Waals surface area contributed by atoms with Gasteiger partial charge in [-0.3, -0.25) is 9.59 Å². The van der Waals surface area contributed by atoms with Crippen LogP contribution in [0.1, 0.15) is 40.4 Å². The third-order valence-electron chi connectivity index (χ3n) is 5.11. The van der Waals surface area contributed by atoms with Crippen LogP contribution in [0.15, 0.2) is 29.2 Å². The van der Waals surface area contributed by atoms with Crippen LogP contribution in [0.25, 0.3) is 16.8 Å². The van der Waals surface area contributed by atoms with Crippen LogP contribution in [0.4, 0.5) is 8.78 Å². The molecular weight excluding hydrogens is 418 g/mol. The Hall–Kier alpha value is -2.78. The van der Waals surface area contributed by atoms with E-state index in [0.717, 1.165) is 18.4 Å². The lowest BCUT2D eigenvalue weighted by Crippen LogP contribution is -2.36. The first-order chi connectivity index (χ1) is 14.3. The largest absolute Gasteiger partial charge is 0.385 e. The lowest BCUT2D eigenvalue weighted by Gasteiger charge is -2.10. The van der Waals surface area contributed by atoms with E-state index in [1.54, 1.807) is 12.3 Å². The van der Waals surface area contributed by atoms with Crippen LogP contribution in [0.3, 0.4) is 0 Å². The molecule has 4 rings (SSSR count). The lowest BCUT2D eigenvalue weighted by molar-refractivity contribution is -0.00273. The minimum atomic E-state index is -2.97. The number of nitrogens with one attached hydrogen (secondary N) is 2. The summed E-state index contributed by atoms with van der Waals surface area (Å²) in [5.74, 6) is -0.705. The van der Waals surface area contributed by atoms with E-state index in [1.807, 2.05) is 19.1 Å². The summed E-state index contributed by atoms with van der Waals surface area (Å²) >= 11 is 6.18. The molecule has 0 spiro atoms. The van der Waals surface area contributed by atoms with Gasteiger partial charge in [-0.2, -0.15) is 5.10 Å². The number of amides is 1. The second-order valence-corrected chi connectivity index (χ2v) is 7.81. The van der Waals surface area contributed by atoms with Gasteiger partial charge in [0.05, 0.1) is 11.9 Å². The Morgan fingerprint density at radius 1 is 1.43 bits per heavy atom. The maximum atomic E-state index is 12.8. The Kier molecular flexibility index (Phi) is 5.33. The number of aromatic nitrogens is 3. The molecule has 1 aliphatic carbocycles. The monoisotopic (exact) mass is 436 g/mol. The molecule has 7 nitrogen and oxygen atoms in total. The average molecular weight is 437 g/mol. The van der Waals surface area contributed by atoms with Gasteiger partial charge in [-0.05, 0) is 37.3 Å². The smallest absolute Gasteiger partial charge is 0.274 e. The Balaban J connectivity index is 1.76. The van der Waals surface area contributed by atoms with Crippen molar-refractivity contribution in [2.45, 2.75) is 38.2 Å². The molecule has 158 valence electrons. The molecule has 0 bridgehead atoms. The number of fused-ring (bicyclic) bond motifs is 1. The maximum absolute atomic E-state index is 12.8. The van der Waals surface area contributed by atoms with Gasteiger partial charge < -0.3 is 15.4 Å². The number of H-pyrrole nitrogens is 1. The highest BCUT2D eigenvalue weighted by Gasteiger charge is 2.34. The van der Waals surface area contributed by atoms with Crippen LogP contribution < -0.4 is 10.9 Å². The van der Waals surface area contributed by atoms with Gasteiger partial charge in [0.2, 0.25) is 0 Å². The number of benzene rings is 1. The van der Waals surface area contributed by atoms with E-state index in [0.29, 0.717) is 21.8 Å². The molecular formula is C20H19ClF2N4O3. The summed E-state index contributed by atoms with van der Waals surface area (Å²) < 4.78 is 26.3. The van der Waals surface area contributed by atoms with Crippen molar-refractivity contribution in [1.29, 1.82) is 0 Å². The fourth-order valence-corrected chi connectivity index (χ4v) is 3.49. The number of aliphatic hydroxyl groups is 1. The van der Waals surface area contributed by atoms with E-state index in [4.69, 9.17) is 11.6 Å². The van der Waals surface area contributed by atoms with Crippen LogP contribution in [0.5, 0.6) is 0 Å². The molecule has 1 saturated carbocycles. The number of hydrogen-bond donors (Lipinski definition) is 3. The standard InChI is InChI=1S/C20H19ClF2N4O3/c1-9-2-3-11(6-12(9)21)13-8-27-17(20(30)25-13)15(10-4-5-10)16(26-27)19(29)24-7-14(28)18(22)23/h2-3,6,8,10,14,18,28H,4-5,7H2,1H3,(H,24,29)(H,25,30). The molecule has 30 heavy (non-hydrogen) atoms. The zero-order chi connectivity index (χ0) is 21.6. The van der Waals surface area contributed by atoms with Gasteiger partial charge in [0.1, 0.15) is 11.6 Å². The summed E-state index contributed by atoms with van der Waals surface area (Å²) in [7, 11) is 0. The van der Waals surface area contributed by atoms with E-state index in [-0.39, 0.29) is 17.1 Å². The first-order valence-corrected chi connectivity index (χ1v) is 9.80. The quantitative estimate of drug-likeness (QED) is 0.553. The van der Waals surface area contributed by atoms with Gasteiger partial charge in [-0.25, -0.2) is 13.3 Å². The zero-order valence-electron chi connectivity index (χ0n) is 16.0. The third-order valence-corrected chi connectivity index (χ3v) is 5.52. The summed E-state index contributed by atoms with van der Waals surface area (Å²) in [4.78, 5) is 28.2. The molecule has 0 saturated heterocycles. The molecule has 1 unspecified atom stereocenters. The molecule has 2 aromatic heterocycles. The highest BCUT2D eigenvalue weighted by Crippen LogP contribution is 2.43. The van der Waals surface area contributed by atoms with Gasteiger partial charge in [0.15, 0.2) is 5.69 Å². The number of aromatic amines is 1. The van der Waals surface area contributed by atoms with E-state index in [2.05, 4.69) is 15.4 Å². The lowest BCUT2D eigenvalue weighted by atomic mass is 10.1. The van der Waals surface area contributed by atoms with Crippen molar-refractivity contribution in [3.63, 3.8) is 0 Å². The van der Waals surface area contributed by atoms with Gasteiger partial charge in [-0.15, -0.1) is 0 Å². The van der Waals surface area contributed by atoms with Crippen molar-refractivity contribution in [3.05, 3.63) is 56.6 Å². The summed E-state index contributed by atoms with van der Waals surface area (Å²) in [6, 6.07) is 5.35. The summed E-state index contributed by atoms with van der Waals surface area (Å²) in [5.41, 5.74) is 2.38. The van der Waals surface area contributed by atoms with Gasteiger partial charge in [-0.1, -0.05) is 23.7 Å². The van der Waals surface area contributed by atoms with Crippen LogP contribution in [0.2, 0.25) is 5.02 Å². The van der Waals surface area contributed by atoms with E-state index >= 15 is 0 Å². The normalized spacial score (nSPS) is 15.0. The number of aliphatic hydroxyl groups excluding tert-OH is 1. The Labute approximate surface area is 174 Å². The number of alkyl halides is 2. The molecule has 0 radical (unpaired) electrons. The number of nitrogens with zero attached hydrogens (tertiary/aromatic N) is 2. The van der Waals surface area contributed by atoms with Crippen LogP contribution in [0, 0.1) is 6.92 Å². The van der Waals surface area contributed by atoms with Gasteiger partial charge in [0.25, 0.3) is 17.9 Å². The van der Waals surface area contributed by atoms with Crippen molar-refractivity contribution in [2.75, 3.05) is 6.54 Å². The Morgan fingerprint density at radius 3 is 2.80 bits per heavy atom. The fourth-order valence-electron chi connectivity index (χ4n) is 3.31. The number of hydrogen-bond acceptors (Lipinski definition) is 4. The number of carbonyl (C=O) groups is 1. The number of halogens is 3. The summed E-state index contributed by atoms with van der Waals surface area (Å²) in [5, 5.41) is 16.3. The first kappa shape index (κ1) is 20.5. The van der Waals surface area contributed by atoms with Crippen LogP contribution in [-0.4, -0.2) is 44.7 Å². The first-order valence-electron chi connectivity index (χ1n) is 9.42. The minimum Gasteiger partial charge on any atom is -0.385 e. The SMILES string of the molecule is Cc1ccc(-c2cn3nc(C(=O)NCC(O)C(F)F)c(C4CC4)c3c(=O)[nH]2)cc1Cl. The number of rotatable bonds is 6. The Morgan fingerprint density at radius 2 is 2.17 bits per heavy atom. The van der Waals surface area contributed by atoms with Gasteiger partial charge in [0, 0.05) is 22.7 Å². The summed E-state index contributed by atoms with van der Waals surface area (Å²) in [6.07, 6.45) is -1.75. The van der Waals surface area contributed by atoms with Crippen molar-refractivity contribution < 1.29 is 18.7 Å². The highest BCUT2D eigenvalue weighted by molar-refractivity contribution is 6.31. The molecule has 3 N–H and O–H groups in total. The Bertz CT molecular complexity index is 1190. The van der Waals surface area contributed by atoms with Crippen LogP contribution >= 0.6 is 11.6 Å².